The number of H-pyrrole nitrogens is 2. The fourth-order valence-corrected chi connectivity index (χ4v) is 6.92. The molecule has 15 heteroatoms. The summed E-state index contributed by atoms with van der Waals surface area (Å²) < 4.78 is 0. The normalized spacial score (nSPS) is 16.0. The molecule has 4 aromatic carbocycles. The molecule has 304 valence electrons. The van der Waals surface area contributed by atoms with Gasteiger partial charge in [-0.2, -0.15) is 10.2 Å². The molecule has 2 aliphatic heterocycles. The quantitative estimate of drug-likeness (QED) is 0.0885. The Balaban J connectivity index is 0.000000164. The van der Waals surface area contributed by atoms with Gasteiger partial charge in [0.1, 0.15) is 0 Å². The Morgan fingerprint density at radius 2 is 1.19 bits per heavy atom. The van der Waals surface area contributed by atoms with Gasteiger partial charge in [0.15, 0.2) is 0 Å². The van der Waals surface area contributed by atoms with Crippen molar-refractivity contribution in [3.05, 3.63) is 143 Å². The van der Waals surface area contributed by atoms with Gasteiger partial charge in [0.25, 0.3) is 5.91 Å². The van der Waals surface area contributed by atoms with Crippen molar-refractivity contribution in [3.8, 4) is 22.3 Å². The molecule has 59 heavy (non-hydrogen) atoms. The molecule has 13 nitrogen and oxygen atoms in total. The number of aromatic nitrogens is 4. The number of piperidine rings is 2. The van der Waals surface area contributed by atoms with Gasteiger partial charge >= 0.3 is 5.97 Å². The molecule has 0 radical (unpaired) electrons. The average Bonchev–Trinajstić information content (AvgIpc) is 4.03. The molecular weight excluding hydrogens is 791 g/mol. The second-order valence-corrected chi connectivity index (χ2v) is 14.9. The molecule has 2 saturated heterocycles. The van der Waals surface area contributed by atoms with E-state index in [4.69, 9.17) is 28.3 Å². The number of benzene rings is 4. The van der Waals surface area contributed by atoms with E-state index in [2.05, 4.69) is 36.3 Å². The molecule has 2 aromatic heterocycles. The third-order valence-corrected chi connectivity index (χ3v) is 10.4. The molecule has 2 atom stereocenters. The zero-order valence-corrected chi connectivity index (χ0v) is 33.5. The molecule has 2 aliphatic rings. The Hall–Kier alpha value is -6.28. The number of aromatic amines is 2. The highest BCUT2D eigenvalue weighted by Crippen LogP contribution is 2.24. The van der Waals surface area contributed by atoms with E-state index in [-0.39, 0.29) is 35.1 Å². The minimum Gasteiger partial charge on any atom is -0.478 e. The molecule has 6 aromatic rings. The van der Waals surface area contributed by atoms with Crippen LogP contribution >= 0.6 is 23.2 Å². The van der Waals surface area contributed by atoms with Crippen molar-refractivity contribution in [2.45, 2.75) is 25.7 Å². The van der Waals surface area contributed by atoms with E-state index in [1.54, 1.807) is 84.3 Å². The lowest BCUT2D eigenvalue weighted by Gasteiger charge is -2.32. The number of likely N-dealkylation sites (tertiary alicyclic amines) is 1. The number of anilines is 2. The summed E-state index contributed by atoms with van der Waals surface area (Å²) in [5.41, 5.74) is 5.99. The number of carbonyl (C=O) groups excluding carboxylic acids is 3. The van der Waals surface area contributed by atoms with Crippen LogP contribution in [0.1, 0.15) is 46.4 Å². The zero-order valence-electron chi connectivity index (χ0n) is 32.0. The minimum atomic E-state index is -0.921. The lowest BCUT2D eigenvalue weighted by molar-refractivity contribution is -0.121. The summed E-state index contributed by atoms with van der Waals surface area (Å²) >= 11 is 11.7. The van der Waals surface area contributed by atoms with Gasteiger partial charge in [0.05, 0.1) is 29.8 Å². The maximum atomic E-state index is 13.0. The van der Waals surface area contributed by atoms with Crippen LogP contribution in [0.4, 0.5) is 11.4 Å². The third-order valence-electron chi connectivity index (χ3n) is 9.85. The van der Waals surface area contributed by atoms with E-state index in [9.17, 15) is 19.2 Å². The molecule has 2 fully saturated rings. The first-order valence-corrected chi connectivity index (χ1v) is 19.9. The van der Waals surface area contributed by atoms with E-state index in [0.717, 1.165) is 66.7 Å². The van der Waals surface area contributed by atoms with Gasteiger partial charge in [-0.05, 0) is 116 Å². The van der Waals surface area contributed by atoms with Crippen molar-refractivity contribution in [2.75, 3.05) is 36.8 Å². The van der Waals surface area contributed by atoms with Gasteiger partial charge in [-0.15, -0.1) is 0 Å². The van der Waals surface area contributed by atoms with E-state index in [1.807, 2.05) is 42.5 Å². The Morgan fingerprint density at radius 1 is 0.661 bits per heavy atom. The molecule has 6 N–H and O–H groups in total. The number of hydrogen-bond acceptors (Lipinski definition) is 7. The minimum absolute atomic E-state index is 0.0562. The van der Waals surface area contributed by atoms with Gasteiger partial charge < -0.3 is 26.0 Å². The summed E-state index contributed by atoms with van der Waals surface area (Å²) in [5, 5.41) is 32.4. The predicted octanol–water partition coefficient (Wildman–Crippen LogP) is 8.27. The van der Waals surface area contributed by atoms with Gasteiger partial charge in [0.2, 0.25) is 11.8 Å². The van der Waals surface area contributed by atoms with Crippen molar-refractivity contribution in [2.24, 2.45) is 11.8 Å². The first kappa shape index (κ1) is 42.3. The van der Waals surface area contributed by atoms with Crippen LogP contribution in [0.15, 0.2) is 122 Å². The molecule has 0 spiro atoms. The first-order valence-electron chi connectivity index (χ1n) is 19.2. The zero-order chi connectivity index (χ0) is 41.6. The van der Waals surface area contributed by atoms with Crippen LogP contribution in [0.25, 0.3) is 22.3 Å². The van der Waals surface area contributed by atoms with Gasteiger partial charge in [0, 0.05) is 70.1 Å². The Morgan fingerprint density at radius 3 is 1.69 bits per heavy atom. The van der Waals surface area contributed by atoms with Crippen LogP contribution in [0.2, 0.25) is 10.0 Å². The number of nitrogens with one attached hydrogen (secondary N) is 5. The molecule has 8 rings (SSSR count). The van der Waals surface area contributed by atoms with E-state index in [1.165, 1.54) is 0 Å². The van der Waals surface area contributed by atoms with Gasteiger partial charge in [-0.3, -0.25) is 24.6 Å². The molecule has 3 amide bonds. The number of hydrogen-bond donors (Lipinski definition) is 6. The van der Waals surface area contributed by atoms with Crippen molar-refractivity contribution >= 4 is 58.3 Å². The lowest BCUT2D eigenvalue weighted by atomic mass is 9.96. The SMILES string of the molecule is O=C(Nc1ccc(Cl)cc1)C1CCCN(C(=O)c2cccc(-c3cn[nH]c3)c2)C1.O=C(Nc1ccc(Cl)cc1)C1CCCNC1.O=C(O)c1cccc(-c2cn[nH]c2)c1. The smallest absolute Gasteiger partial charge is 0.335 e. The Kier molecular flexibility index (Phi) is 15.0. The predicted molar refractivity (Wildman–Crippen MR) is 229 cm³/mol. The monoisotopic (exact) mass is 834 g/mol. The van der Waals surface area contributed by atoms with Crippen LogP contribution in [-0.2, 0) is 9.59 Å². The number of carboxylic acid groups (broad SMARTS) is 1. The number of aromatic carboxylic acids is 1. The van der Waals surface area contributed by atoms with Crippen LogP contribution in [0, 0.1) is 11.8 Å². The second-order valence-electron chi connectivity index (χ2n) is 14.1. The molecule has 0 aliphatic carbocycles. The number of halogens is 2. The Labute approximate surface area is 351 Å². The van der Waals surface area contributed by atoms with Gasteiger partial charge in [-0.25, -0.2) is 4.79 Å². The summed E-state index contributed by atoms with van der Waals surface area (Å²) in [6, 6.07) is 28.4. The summed E-state index contributed by atoms with van der Waals surface area (Å²) in [5.74, 6) is -1.11. The fourth-order valence-electron chi connectivity index (χ4n) is 6.67. The highest BCUT2D eigenvalue weighted by Gasteiger charge is 2.29. The highest BCUT2D eigenvalue weighted by molar-refractivity contribution is 6.31. The van der Waals surface area contributed by atoms with E-state index >= 15 is 0 Å². The average molecular weight is 836 g/mol. The summed E-state index contributed by atoms with van der Waals surface area (Å²) in [4.78, 5) is 50.1. The molecular formula is C44H44Cl2N8O5. The van der Waals surface area contributed by atoms with Crippen molar-refractivity contribution in [1.82, 2.24) is 30.6 Å². The molecule has 2 unspecified atom stereocenters. The maximum Gasteiger partial charge on any atom is 0.335 e. The highest BCUT2D eigenvalue weighted by atomic mass is 35.5. The van der Waals surface area contributed by atoms with Crippen LogP contribution in [0.5, 0.6) is 0 Å². The van der Waals surface area contributed by atoms with E-state index < -0.39 is 5.97 Å². The number of nitrogens with zero attached hydrogens (tertiary/aromatic N) is 3. The second kappa shape index (κ2) is 20.9. The fraction of sp³-hybridized carbons (Fsp3) is 0.227. The summed E-state index contributed by atoms with van der Waals surface area (Å²) in [6.07, 6.45) is 10.5. The van der Waals surface area contributed by atoms with Crippen LogP contribution in [0.3, 0.4) is 0 Å². The summed E-state index contributed by atoms with van der Waals surface area (Å²) in [7, 11) is 0. The van der Waals surface area contributed by atoms with Crippen molar-refractivity contribution < 1.29 is 24.3 Å². The molecule has 4 heterocycles. The standard InChI is InChI=1S/C22H21ClN4O2.C12H15ClN2O.C10H8N2O2/c23-19-6-8-20(9-7-19)26-21(28)17-5-2-10-27(14-17)22(29)16-4-1-3-15(11-16)18-12-24-25-13-18;13-10-3-5-11(6-4-10)15-12(16)9-2-1-7-14-8-9;13-10(14)8-3-1-2-7(4-8)9-5-11-12-6-9/h1,3-4,6-9,11-13,17H,2,5,10,14H2,(H,24,25)(H,26,28);3-6,9,14H,1-2,7-8H2,(H,15,16);1-6H,(H,11,12)(H,13,14). The number of carboxylic acids is 1. The number of amides is 3. The van der Waals surface area contributed by atoms with Crippen molar-refractivity contribution in [1.29, 1.82) is 0 Å². The summed E-state index contributed by atoms with van der Waals surface area (Å²) in [6.45, 7) is 2.86. The first-order chi connectivity index (χ1) is 28.6. The largest absolute Gasteiger partial charge is 0.478 e. The van der Waals surface area contributed by atoms with Crippen LogP contribution < -0.4 is 16.0 Å². The van der Waals surface area contributed by atoms with Crippen LogP contribution in [-0.4, -0.2) is 80.3 Å². The molecule has 0 bridgehead atoms. The van der Waals surface area contributed by atoms with Crippen molar-refractivity contribution in [3.63, 3.8) is 0 Å². The molecule has 0 saturated carbocycles. The Bertz CT molecular complexity index is 2300. The topological polar surface area (TPSA) is 185 Å². The number of rotatable bonds is 8. The third kappa shape index (κ3) is 12.4. The lowest BCUT2D eigenvalue weighted by Crippen LogP contribution is -2.43. The van der Waals surface area contributed by atoms with Gasteiger partial charge in [-0.1, -0.05) is 47.5 Å². The van der Waals surface area contributed by atoms with E-state index in [0.29, 0.717) is 34.4 Å². The number of carbonyl (C=O) groups is 4. The maximum absolute atomic E-state index is 13.0.